The quantitative estimate of drug-likeness (QED) is 0.919. The summed E-state index contributed by atoms with van der Waals surface area (Å²) in [6, 6.07) is 7.91. The molecule has 5 heteroatoms. The van der Waals surface area contributed by atoms with Crippen LogP contribution < -0.4 is 10.5 Å². The van der Waals surface area contributed by atoms with Crippen molar-refractivity contribution < 1.29 is 9.53 Å². The lowest BCUT2D eigenvalue weighted by molar-refractivity contribution is -0.141. The summed E-state index contributed by atoms with van der Waals surface area (Å²) in [6.07, 6.45) is 1.23. The van der Waals surface area contributed by atoms with Gasteiger partial charge in [-0.15, -0.1) is 0 Å². The van der Waals surface area contributed by atoms with Crippen LogP contribution in [0.1, 0.15) is 26.7 Å². The van der Waals surface area contributed by atoms with Crippen LogP contribution >= 0.6 is 15.9 Å². The van der Waals surface area contributed by atoms with Gasteiger partial charge in [-0.2, -0.15) is 0 Å². The first-order valence-electron chi connectivity index (χ1n) is 6.95. The lowest BCUT2D eigenvalue weighted by atomic mass is 9.98. The van der Waals surface area contributed by atoms with Crippen LogP contribution in [0.3, 0.4) is 0 Å². The van der Waals surface area contributed by atoms with Crippen LogP contribution in [-0.2, 0) is 4.79 Å². The summed E-state index contributed by atoms with van der Waals surface area (Å²) >= 11 is 3.39. The Morgan fingerprint density at radius 2 is 2.30 bits per heavy atom. The normalized spacial score (nSPS) is 24.3. The Morgan fingerprint density at radius 1 is 1.55 bits per heavy atom. The van der Waals surface area contributed by atoms with Crippen molar-refractivity contribution in [2.24, 2.45) is 5.73 Å². The summed E-state index contributed by atoms with van der Waals surface area (Å²) < 4.78 is 6.67. The molecular formula is C15H21BrN2O2. The van der Waals surface area contributed by atoms with Crippen molar-refractivity contribution in [2.75, 3.05) is 6.54 Å². The Morgan fingerprint density at radius 3 is 2.95 bits per heavy atom. The number of carbonyl (C=O) groups is 1. The SMILES string of the molecule is C[C@H](Oc1cccc(Br)c1)C(=O)N1CC[C@@H](N)C[C@@H]1C. The van der Waals surface area contributed by atoms with E-state index in [1.807, 2.05) is 36.1 Å². The van der Waals surface area contributed by atoms with E-state index in [4.69, 9.17) is 10.5 Å². The molecule has 1 aliphatic heterocycles. The van der Waals surface area contributed by atoms with Gasteiger partial charge >= 0.3 is 0 Å². The summed E-state index contributed by atoms with van der Waals surface area (Å²) in [5, 5.41) is 0. The van der Waals surface area contributed by atoms with Crippen molar-refractivity contribution in [1.82, 2.24) is 4.90 Å². The minimum Gasteiger partial charge on any atom is -0.481 e. The van der Waals surface area contributed by atoms with Gasteiger partial charge in [0, 0.05) is 23.1 Å². The van der Waals surface area contributed by atoms with Gasteiger partial charge in [0.05, 0.1) is 0 Å². The number of rotatable bonds is 3. The Bertz CT molecular complexity index is 481. The third-order valence-corrected chi connectivity index (χ3v) is 4.15. The molecule has 1 aromatic rings. The highest BCUT2D eigenvalue weighted by atomic mass is 79.9. The molecule has 1 heterocycles. The number of benzene rings is 1. The highest BCUT2D eigenvalue weighted by molar-refractivity contribution is 9.10. The Labute approximate surface area is 128 Å². The number of hydrogen-bond donors (Lipinski definition) is 1. The Balaban J connectivity index is 1.98. The first kappa shape index (κ1) is 15.3. The van der Waals surface area contributed by atoms with Crippen molar-refractivity contribution in [2.45, 2.75) is 44.9 Å². The molecular weight excluding hydrogens is 320 g/mol. The van der Waals surface area contributed by atoms with Gasteiger partial charge < -0.3 is 15.4 Å². The van der Waals surface area contributed by atoms with E-state index in [0.717, 1.165) is 17.3 Å². The molecule has 0 spiro atoms. The molecule has 1 aromatic carbocycles. The molecule has 0 saturated carbocycles. The van der Waals surface area contributed by atoms with E-state index < -0.39 is 6.10 Å². The van der Waals surface area contributed by atoms with Crippen molar-refractivity contribution in [1.29, 1.82) is 0 Å². The third kappa shape index (κ3) is 3.73. The topological polar surface area (TPSA) is 55.6 Å². The second kappa shape index (κ2) is 6.59. The molecule has 1 amide bonds. The predicted octanol–water partition coefficient (Wildman–Crippen LogP) is 2.55. The third-order valence-electron chi connectivity index (χ3n) is 3.66. The molecule has 0 aliphatic carbocycles. The molecule has 1 aliphatic rings. The number of nitrogens with two attached hydrogens (primary N) is 1. The van der Waals surface area contributed by atoms with E-state index in [1.54, 1.807) is 6.92 Å². The van der Waals surface area contributed by atoms with Gasteiger partial charge in [0.25, 0.3) is 5.91 Å². The number of hydrogen-bond acceptors (Lipinski definition) is 3. The Kier molecular flexibility index (Phi) is 5.05. The summed E-state index contributed by atoms with van der Waals surface area (Å²) in [4.78, 5) is 14.3. The molecule has 110 valence electrons. The summed E-state index contributed by atoms with van der Waals surface area (Å²) in [6.45, 7) is 4.56. The number of nitrogens with zero attached hydrogens (tertiary/aromatic N) is 1. The van der Waals surface area contributed by atoms with Crippen LogP contribution in [0.5, 0.6) is 5.75 Å². The summed E-state index contributed by atoms with van der Waals surface area (Å²) in [5.41, 5.74) is 5.93. The fraction of sp³-hybridized carbons (Fsp3) is 0.533. The van der Waals surface area contributed by atoms with Gasteiger partial charge in [0.15, 0.2) is 6.10 Å². The predicted molar refractivity (Wildman–Crippen MR) is 82.6 cm³/mol. The highest BCUT2D eigenvalue weighted by Gasteiger charge is 2.30. The van der Waals surface area contributed by atoms with Crippen LogP contribution in [0.2, 0.25) is 0 Å². The van der Waals surface area contributed by atoms with Gasteiger partial charge in [0.1, 0.15) is 5.75 Å². The van der Waals surface area contributed by atoms with E-state index in [1.165, 1.54) is 0 Å². The lowest BCUT2D eigenvalue weighted by Crippen LogP contribution is -2.51. The maximum atomic E-state index is 12.5. The van der Waals surface area contributed by atoms with Gasteiger partial charge in [-0.1, -0.05) is 22.0 Å². The number of ether oxygens (including phenoxy) is 1. The van der Waals surface area contributed by atoms with Crippen LogP contribution in [0.4, 0.5) is 0 Å². The van der Waals surface area contributed by atoms with Crippen molar-refractivity contribution in [3.05, 3.63) is 28.7 Å². The number of halogens is 1. The monoisotopic (exact) mass is 340 g/mol. The van der Waals surface area contributed by atoms with Gasteiger partial charge in [-0.25, -0.2) is 0 Å². The van der Waals surface area contributed by atoms with Gasteiger partial charge in [0.2, 0.25) is 0 Å². The lowest BCUT2D eigenvalue weighted by Gasteiger charge is -2.37. The molecule has 2 N–H and O–H groups in total. The zero-order chi connectivity index (χ0) is 14.7. The van der Waals surface area contributed by atoms with E-state index in [9.17, 15) is 4.79 Å². The maximum Gasteiger partial charge on any atom is 0.263 e. The molecule has 1 saturated heterocycles. The van der Waals surface area contributed by atoms with Crippen molar-refractivity contribution in [3.63, 3.8) is 0 Å². The molecule has 0 unspecified atom stereocenters. The van der Waals surface area contributed by atoms with Gasteiger partial charge in [-0.3, -0.25) is 4.79 Å². The molecule has 0 bridgehead atoms. The van der Waals surface area contributed by atoms with Crippen LogP contribution in [0, 0.1) is 0 Å². The summed E-state index contributed by atoms with van der Waals surface area (Å²) in [7, 11) is 0. The van der Waals surface area contributed by atoms with Crippen LogP contribution in [-0.4, -0.2) is 35.5 Å². The standard InChI is InChI=1S/C15H21BrN2O2/c1-10-8-13(17)6-7-18(10)15(19)11(2)20-14-5-3-4-12(16)9-14/h3-5,9-11,13H,6-8,17H2,1-2H3/t10-,11-,13+/m0/s1. The fourth-order valence-corrected chi connectivity index (χ4v) is 2.94. The number of likely N-dealkylation sites (tertiary alicyclic amines) is 1. The van der Waals surface area contributed by atoms with E-state index in [-0.39, 0.29) is 18.0 Å². The zero-order valence-corrected chi connectivity index (χ0v) is 13.5. The van der Waals surface area contributed by atoms with Crippen molar-refractivity contribution in [3.8, 4) is 5.75 Å². The molecule has 0 radical (unpaired) electrons. The molecule has 2 rings (SSSR count). The maximum absolute atomic E-state index is 12.5. The largest absolute Gasteiger partial charge is 0.481 e. The fourth-order valence-electron chi connectivity index (χ4n) is 2.56. The molecule has 1 fully saturated rings. The van der Waals surface area contributed by atoms with E-state index >= 15 is 0 Å². The smallest absolute Gasteiger partial charge is 0.263 e. The molecule has 20 heavy (non-hydrogen) atoms. The number of piperidine rings is 1. The van der Waals surface area contributed by atoms with Crippen LogP contribution in [0.25, 0.3) is 0 Å². The minimum atomic E-state index is -0.485. The Hall–Kier alpha value is -1.07. The molecule has 0 aromatic heterocycles. The van der Waals surface area contributed by atoms with Crippen molar-refractivity contribution >= 4 is 21.8 Å². The van der Waals surface area contributed by atoms with E-state index in [2.05, 4.69) is 15.9 Å². The highest BCUT2D eigenvalue weighted by Crippen LogP contribution is 2.21. The van der Waals surface area contributed by atoms with Gasteiger partial charge in [-0.05, 0) is 44.9 Å². The number of carbonyl (C=O) groups excluding carboxylic acids is 1. The first-order chi connectivity index (χ1) is 9.47. The average Bonchev–Trinajstić information content (AvgIpc) is 2.38. The molecule has 3 atom stereocenters. The van der Waals surface area contributed by atoms with Crippen LogP contribution in [0.15, 0.2) is 28.7 Å². The number of amides is 1. The first-order valence-corrected chi connectivity index (χ1v) is 7.75. The summed E-state index contributed by atoms with van der Waals surface area (Å²) in [5.74, 6) is 0.728. The second-order valence-corrected chi connectivity index (χ2v) is 6.30. The average molecular weight is 341 g/mol. The molecule has 4 nitrogen and oxygen atoms in total. The zero-order valence-electron chi connectivity index (χ0n) is 11.9. The second-order valence-electron chi connectivity index (χ2n) is 5.38. The minimum absolute atomic E-state index is 0.0318. The van der Waals surface area contributed by atoms with E-state index in [0.29, 0.717) is 12.3 Å².